The molecule has 0 amide bonds. The smallest absolute Gasteiger partial charge is 0.243 e. The van der Waals surface area contributed by atoms with Gasteiger partial charge >= 0.3 is 0 Å². The molecule has 0 aliphatic carbocycles. The van der Waals surface area contributed by atoms with E-state index in [4.69, 9.17) is 34.0 Å². The summed E-state index contributed by atoms with van der Waals surface area (Å²) in [7, 11) is -3.83. The van der Waals surface area contributed by atoms with Gasteiger partial charge in [-0.1, -0.05) is 37.0 Å². The van der Waals surface area contributed by atoms with Crippen molar-refractivity contribution in [2.75, 3.05) is 18.9 Å². The zero-order chi connectivity index (χ0) is 16.3. The molecule has 4 N–H and O–H groups in total. The Balaban J connectivity index is 2.93. The van der Waals surface area contributed by atoms with Crippen molar-refractivity contribution in [3.8, 4) is 0 Å². The van der Waals surface area contributed by atoms with Crippen molar-refractivity contribution in [1.29, 1.82) is 0 Å². The van der Waals surface area contributed by atoms with Crippen LogP contribution in [0.4, 0.5) is 5.69 Å². The van der Waals surface area contributed by atoms with Gasteiger partial charge in [-0.2, -0.15) is 0 Å². The first-order valence-corrected chi connectivity index (χ1v) is 8.68. The molecule has 0 unspecified atom stereocenters. The van der Waals surface area contributed by atoms with Crippen molar-refractivity contribution in [2.24, 2.45) is 5.41 Å². The van der Waals surface area contributed by atoms with E-state index in [0.717, 1.165) is 0 Å². The molecule has 0 saturated carbocycles. The molecule has 0 spiro atoms. The predicted octanol–water partition coefficient (Wildman–Crippen LogP) is 2.65. The van der Waals surface area contributed by atoms with Crippen molar-refractivity contribution < 1.29 is 13.5 Å². The number of aliphatic hydroxyl groups excluding tert-OH is 1. The first-order chi connectivity index (χ1) is 9.59. The van der Waals surface area contributed by atoms with Gasteiger partial charge in [0.1, 0.15) is 4.90 Å². The minimum Gasteiger partial charge on any atom is -0.399 e. The fourth-order valence-corrected chi connectivity index (χ4v) is 4.31. The van der Waals surface area contributed by atoms with Crippen LogP contribution in [0.2, 0.25) is 10.0 Å². The van der Waals surface area contributed by atoms with E-state index in [-0.39, 0.29) is 33.5 Å². The van der Waals surface area contributed by atoms with Gasteiger partial charge in [0.25, 0.3) is 0 Å². The quantitative estimate of drug-likeness (QED) is 0.656. The maximum atomic E-state index is 12.3. The zero-order valence-corrected chi connectivity index (χ0v) is 14.3. The molecule has 0 fully saturated rings. The fourth-order valence-electron chi connectivity index (χ4n) is 1.84. The van der Waals surface area contributed by atoms with Gasteiger partial charge in [0.2, 0.25) is 10.0 Å². The number of aliphatic hydroxyl groups is 1. The minimum atomic E-state index is -3.83. The minimum absolute atomic E-state index is 0.0133. The molecule has 0 atom stereocenters. The van der Waals surface area contributed by atoms with E-state index in [1.165, 1.54) is 12.1 Å². The maximum Gasteiger partial charge on any atom is 0.243 e. The molecule has 8 heteroatoms. The second-order valence-electron chi connectivity index (χ2n) is 5.63. The first kappa shape index (κ1) is 18.5. The van der Waals surface area contributed by atoms with Crippen LogP contribution in [0.15, 0.2) is 17.0 Å². The summed E-state index contributed by atoms with van der Waals surface area (Å²) in [4.78, 5) is -0.169. The molecule has 5 nitrogen and oxygen atoms in total. The van der Waals surface area contributed by atoms with Crippen LogP contribution in [0, 0.1) is 5.41 Å². The number of anilines is 1. The van der Waals surface area contributed by atoms with Gasteiger partial charge in [0, 0.05) is 18.8 Å². The highest BCUT2D eigenvalue weighted by atomic mass is 35.5. The number of hydrogen-bond donors (Lipinski definition) is 3. The summed E-state index contributed by atoms with van der Waals surface area (Å²) in [5.41, 5.74) is 5.57. The maximum absolute atomic E-state index is 12.3. The fraction of sp³-hybridized carbons (Fsp3) is 0.538. The molecule has 0 saturated heterocycles. The molecule has 0 radical (unpaired) electrons. The van der Waals surface area contributed by atoms with Crippen molar-refractivity contribution in [3.63, 3.8) is 0 Å². The molecule has 0 aliphatic rings. The van der Waals surface area contributed by atoms with Crippen LogP contribution < -0.4 is 10.5 Å². The number of nitrogen functional groups attached to an aromatic ring is 1. The van der Waals surface area contributed by atoms with E-state index < -0.39 is 10.0 Å². The monoisotopic (exact) mass is 354 g/mol. The normalized spacial score (nSPS) is 12.6. The van der Waals surface area contributed by atoms with E-state index in [1.807, 2.05) is 13.8 Å². The third kappa shape index (κ3) is 5.30. The van der Waals surface area contributed by atoms with Gasteiger partial charge in [-0.15, -0.1) is 0 Å². The first-order valence-electron chi connectivity index (χ1n) is 6.44. The van der Waals surface area contributed by atoms with E-state index >= 15 is 0 Å². The summed E-state index contributed by atoms with van der Waals surface area (Å²) in [6, 6.07) is 2.69. The zero-order valence-electron chi connectivity index (χ0n) is 12.0. The Kier molecular flexibility index (Phi) is 6.31. The molecule has 0 aliphatic heterocycles. The number of nitrogens with two attached hydrogens (primary N) is 1. The number of sulfonamides is 1. The molecule has 0 aromatic heterocycles. The lowest BCUT2D eigenvalue weighted by Crippen LogP contribution is -2.34. The highest BCUT2D eigenvalue weighted by Crippen LogP contribution is 2.32. The molecule has 1 aromatic carbocycles. The topological polar surface area (TPSA) is 92.4 Å². The Morgan fingerprint density at radius 1 is 1.29 bits per heavy atom. The van der Waals surface area contributed by atoms with Gasteiger partial charge in [-0.3, -0.25) is 0 Å². The van der Waals surface area contributed by atoms with E-state index in [9.17, 15) is 8.42 Å². The SMILES string of the molecule is CC(C)(CCCO)CNS(=O)(=O)c1c(Cl)cc(N)cc1Cl. The molecule has 1 rings (SSSR count). The second-order valence-corrected chi connectivity index (χ2v) is 8.15. The lowest BCUT2D eigenvalue weighted by Gasteiger charge is -2.24. The van der Waals surface area contributed by atoms with Crippen LogP contribution in [0.5, 0.6) is 0 Å². The number of rotatable bonds is 7. The highest BCUT2D eigenvalue weighted by Gasteiger charge is 2.26. The Hall–Kier alpha value is -0.530. The summed E-state index contributed by atoms with van der Waals surface area (Å²) < 4.78 is 27.2. The van der Waals surface area contributed by atoms with Crippen molar-refractivity contribution in [3.05, 3.63) is 22.2 Å². The van der Waals surface area contributed by atoms with Crippen LogP contribution in [0.1, 0.15) is 26.7 Å². The number of halogens is 2. The summed E-state index contributed by atoms with van der Waals surface area (Å²) in [5.74, 6) is 0. The standard InChI is InChI=1S/C13H20Cl2N2O3S/c1-13(2,4-3-5-18)8-17-21(19,20)12-10(14)6-9(16)7-11(12)15/h6-7,17-18H,3-5,8,16H2,1-2H3. The second kappa shape index (κ2) is 7.15. The summed E-state index contributed by atoms with van der Waals surface area (Å²) in [5, 5.41) is 8.82. The molecule has 1 aromatic rings. The lowest BCUT2D eigenvalue weighted by molar-refractivity contribution is 0.242. The molecular weight excluding hydrogens is 335 g/mol. The van der Waals surface area contributed by atoms with E-state index in [0.29, 0.717) is 18.5 Å². The number of hydrogen-bond acceptors (Lipinski definition) is 4. The van der Waals surface area contributed by atoms with E-state index in [2.05, 4.69) is 4.72 Å². The van der Waals surface area contributed by atoms with Gasteiger partial charge in [0.15, 0.2) is 0 Å². The van der Waals surface area contributed by atoms with Gasteiger partial charge in [0.05, 0.1) is 10.0 Å². The Morgan fingerprint density at radius 2 is 1.81 bits per heavy atom. The Morgan fingerprint density at radius 3 is 2.29 bits per heavy atom. The Bertz CT molecular complexity index is 580. The molecule has 0 bridgehead atoms. The average Bonchev–Trinajstić information content (AvgIpc) is 2.33. The van der Waals surface area contributed by atoms with Gasteiger partial charge in [-0.05, 0) is 30.4 Å². The number of nitrogens with one attached hydrogen (secondary N) is 1. The summed E-state index contributed by atoms with van der Waals surface area (Å²) in [6.07, 6.45) is 1.30. The molecule has 120 valence electrons. The van der Waals surface area contributed by atoms with E-state index in [1.54, 1.807) is 0 Å². The van der Waals surface area contributed by atoms with Gasteiger partial charge < -0.3 is 10.8 Å². The number of benzene rings is 1. The van der Waals surface area contributed by atoms with Gasteiger partial charge in [-0.25, -0.2) is 13.1 Å². The third-order valence-electron chi connectivity index (χ3n) is 3.04. The molecule has 21 heavy (non-hydrogen) atoms. The Labute approximate surface area is 135 Å². The lowest BCUT2D eigenvalue weighted by atomic mass is 9.88. The summed E-state index contributed by atoms with van der Waals surface area (Å²) in [6.45, 7) is 4.12. The average molecular weight is 355 g/mol. The molecular formula is C13H20Cl2N2O3S. The highest BCUT2D eigenvalue weighted by molar-refractivity contribution is 7.89. The van der Waals surface area contributed by atoms with Crippen LogP contribution in [0.3, 0.4) is 0 Å². The predicted molar refractivity (Wildman–Crippen MR) is 86.2 cm³/mol. The van der Waals surface area contributed by atoms with Crippen molar-refractivity contribution in [1.82, 2.24) is 4.72 Å². The van der Waals surface area contributed by atoms with Crippen molar-refractivity contribution in [2.45, 2.75) is 31.6 Å². The van der Waals surface area contributed by atoms with Crippen LogP contribution in [-0.2, 0) is 10.0 Å². The largest absolute Gasteiger partial charge is 0.399 e. The van der Waals surface area contributed by atoms with Crippen LogP contribution in [-0.4, -0.2) is 26.7 Å². The molecule has 0 heterocycles. The summed E-state index contributed by atoms with van der Waals surface area (Å²) >= 11 is 11.9. The van der Waals surface area contributed by atoms with Crippen LogP contribution >= 0.6 is 23.2 Å². The third-order valence-corrected chi connectivity index (χ3v) is 5.36. The van der Waals surface area contributed by atoms with Crippen molar-refractivity contribution >= 4 is 38.9 Å². The van der Waals surface area contributed by atoms with Crippen LogP contribution in [0.25, 0.3) is 0 Å².